The molecule has 118 valence electrons. The zero-order valence-corrected chi connectivity index (χ0v) is 15.1. The maximum absolute atomic E-state index is 12.6. The molecule has 0 saturated heterocycles. The van der Waals surface area contributed by atoms with Crippen LogP contribution in [0.15, 0.2) is 21.5 Å². The van der Waals surface area contributed by atoms with Crippen LogP contribution in [0.3, 0.4) is 0 Å². The summed E-state index contributed by atoms with van der Waals surface area (Å²) in [6, 6.07) is 3.53. The Morgan fingerprint density at radius 2 is 2.00 bits per heavy atom. The summed E-state index contributed by atoms with van der Waals surface area (Å²) in [6.07, 6.45) is 2.19. The molecule has 0 spiro atoms. The van der Waals surface area contributed by atoms with Crippen LogP contribution in [0.2, 0.25) is 0 Å². The summed E-state index contributed by atoms with van der Waals surface area (Å²) >= 11 is 3.41. The van der Waals surface area contributed by atoms with E-state index in [9.17, 15) is 8.42 Å². The Labute approximate surface area is 135 Å². The normalized spacial score (nSPS) is 17.2. The molecule has 6 heteroatoms. The van der Waals surface area contributed by atoms with Gasteiger partial charge in [0, 0.05) is 17.6 Å². The maximum Gasteiger partial charge on any atom is 0.240 e. The maximum atomic E-state index is 12.6. The van der Waals surface area contributed by atoms with Crippen molar-refractivity contribution in [3.63, 3.8) is 0 Å². The molecule has 0 radical (unpaired) electrons. The lowest BCUT2D eigenvalue weighted by Crippen LogP contribution is -2.33. The van der Waals surface area contributed by atoms with E-state index in [1.165, 1.54) is 0 Å². The summed E-state index contributed by atoms with van der Waals surface area (Å²) in [5.41, 5.74) is 7.30. The van der Waals surface area contributed by atoms with Gasteiger partial charge in [0.2, 0.25) is 10.0 Å². The second-order valence-corrected chi connectivity index (χ2v) is 8.84. The summed E-state index contributed by atoms with van der Waals surface area (Å²) in [5.74, 6) is 0.489. The van der Waals surface area contributed by atoms with Crippen LogP contribution in [-0.4, -0.2) is 15.0 Å². The highest BCUT2D eigenvalue weighted by Crippen LogP contribution is 2.51. The van der Waals surface area contributed by atoms with E-state index >= 15 is 0 Å². The molecule has 1 aliphatic carbocycles. The number of sulfonamides is 1. The van der Waals surface area contributed by atoms with Gasteiger partial charge in [-0.2, -0.15) is 0 Å². The Balaban J connectivity index is 2.26. The van der Waals surface area contributed by atoms with Crippen molar-refractivity contribution < 1.29 is 8.42 Å². The van der Waals surface area contributed by atoms with E-state index < -0.39 is 10.0 Å². The summed E-state index contributed by atoms with van der Waals surface area (Å²) < 4.78 is 28.8. The lowest BCUT2D eigenvalue weighted by molar-refractivity contribution is 0.357. The molecule has 3 N–H and O–H groups in total. The molecule has 21 heavy (non-hydrogen) atoms. The summed E-state index contributed by atoms with van der Waals surface area (Å²) in [7, 11) is -3.51. The molecule has 1 aliphatic rings. The number of halogens is 1. The smallest absolute Gasteiger partial charge is 0.240 e. The van der Waals surface area contributed by atoms with Gasteiger partial charge < -0.3 is 5.73 Å². The highest BCUT2D eigenvalue weighted by Gasteiger charge is 2.45. The molecule has 0 atom stereocenters. The molecule has 1 aromatic carbocycles. The molecular weight excluding hydrogens is 352 g/mol. The fourth-order valence-electron chi connectivity index (χ4n) is 2.54. The van der Waals surface area contributed by atoms with Crippen molar-refractivity contribution in [2.45, 2.75) is 45.1 Å². The van der Waals surface area contributed by atoms with Crippen molar-refractivity contribution in [3.8, 4) is 0 Å². The van der Waals surface area contributed by atoms with Gasteiger partial charge in [-0.3, -0.25) is 0 Å². The predicted molar refractivity (Wildman–Crippen MR) is 88.5 cm³/mol. The molecule has 1 saturated carbocycles. The molecular formula is C15H23BrN2O2S. The van der Waals surface area contributed by atoms with Gasteiger partial charge >= 0.3 is 0 Å². The summed E-state index contributed by atoms with van der Waals surface area (Å²) in [6.45, 7) is 6.93. The lowest BCUT2D eigenvalue weighted by Gasteiger charge is -2.20. The van der Waals surface area contributed by atoms with Crippen LogP contribution < -0.4 is 10.5 Å². The van der Waals surface area contributed by atoms with Gasteiger partial charge in [0.15, 0.2) is 0 Å². The van der Waals surface area contributed by atoms with Crippen molar-refractivity contribution in [1.29, 1.82) is 0 Å². The van der Waals surface area contributed by atoms with E-state index in [0.717, 1.165) is 22.9 Å². The molecule has 1 fully saturated rings. The Morgan fingerprint density at radius 1 is 1.38 bits per heavy atom. The Hall–Kier alpha value is -0.430. The molecule has 4 nitrogen and oxygen atoms in total. The van der Waals surface area contributed by atoms with Crippen molar-refractivity contribution in [1.82, 2.24) is 4.72 Å². The number of hydrogen-bond donors (Lipinski definition) is 2. The first-order chi connectivity index (χ1) is 9.72. The molecule has 0 aromatic heterocycles. The van der Waals surface area contributed by atoms with Crippen molar-refractivity contribution in [3.05, 3.63) is 27.7 Å². The summed E-state index contributed by atoms with van der Waals surface area (Å²) in [5, 5.41) is 0. The first-order valence-electron chi connectivity index (χ1n) is 7.20. The van der Waals surface area contributed by atoms with Gasteiger partial charge in [-0.05, 0) is 54.4 Å². The zero-order chi connectivity index (χ0) is 15.8. The van der Waals surface area contributed by atoms with Crippen LogP contribution in [0.25, 0.3) is 0 Å². The summed E-state index contributed by atoms with van der Waals surface area (Å²) in [4.78, 5) is 0.317. The van der Waals surface area contributed by atoms with E-state index in [0.29, 0.717) is 29.5 Å². The Morgan fingerprint density at radius 3 is 2.48 bits per heavy atom. The number of nitrogens with two attached hydrogens (primary N) is 1. The average molecular weight is 375 g/mol. The minimum Gasteiger partial charge on any atom is -0.326 e. The van der Waals surface area contributed by atoms with Crippen LogP contribution in [0.1, 0.15) is 37.8 Å². The average Bonchev–Trinajstić information content (AvgIpc) is 3.20. The molecule has 0 aliphatic heterocycles. The van der Waals surface area contributed by atoms with Crippen molar-refractivity contribution in [2.24, 2.45) is 17.1 Å². The minimum atomic E-state index is -3.51. The number of nitrogens with one attached hydrogen (secondary N) is 1. The fourth-order valence-corrected chi connectivity index (χ4v) is 4.63. The van der Waals surface area contributed by atoms with E-state index in [1.807, 2.05) is 6.07 Å². The van der Waals surface area contributed by atoms with Gasteiger partial charge in [0.25, 0.3) is 0 Å². The third-order valence-electron chi connectivity index (χ3n) is 4.61. The number of hydrogen-bond acceptors (Lipinski definition) is 3. The van der Waals surface area contributed by atoms with E-state index in [-0.39, 0.29) is 5.41 Å². The first-order valence-corrected chi connectivity index (χ1v) is 9.48. The molecule has 0 bridgehead atoms. The van der Waals surface area contributed by atoms with Crippen LogP contribution in [0, 0.1) is 18.3 Å². The lowest BCUT2D eigenvalue weighted by atomic mass is 9.93. The Bertz CT molecular complexity index is 637. The van der Waals surface area contributed by atoms with E-state index in [4.69, 9.17) is 5.73 Å². The third-order valence-corrected chi connectivity index (χ3v) is 6.96. The molecule has 0 heterocycles. The van der Waals surface area contributed by atoms with Crippen molar-refractivity contribution in [2.75, 3.05) is 6.54 Å². The van der Waals surface area contributed by atoms with Gasteiger partial charge in [-0.25, -0.2) is 13.1 Å². The fraction of sp³-hybridized carbons (Fsp3) is 0.600. The highest BCUT2D eigenvalue weighted by atomic mass is 79.9. The largest absolute Gasteiger partial charge is 0.326 e. The number of benzene rings is 1. The highest BCUT2D eigenvalue weighted by molar-refractivity contribution is 9.10. The van der Waals surface area contributed by atoms with Gasteiger partial charge in [0.1, 0.15) is 0 Å². The second-order valence-electron chi connectivity index (χ2n) is 6.25. The topological polar surface area (TPSA) is 72.2 Å². The van der Waals surface area contributed by atoms with Crippen LogP contribution in [0.4, 0.5) is 0 Å². The van der Waals surface area contributed by atoms with Crippen LogP contribution >= 0.6 is 15.9 Å². The van der Waals surface area contributed by atoms with Crippen LogP contribution in [-0.2, 0) is 16.6 Å². The van der Waals surface area contributed by atoms with Gasteiger partial charge in [0.05, 0.1) is 4.90 Å². The Kier molecular flexibility index (Phi) is 4.83. The predicted octanol–water partition coefficient (Wildman–Crippen LogP) is 2.93. The molecule has 2 rings (SSSR count). The standard InChI is InChI=1S/C15H23BrN2O2S/c1-10(2)15(4-5-15)9-18-21(19,20)14-7-12(8-17)6-13(16)11(14)3/h6-7,10,18H,4-5,8-9,17H2,1-3H3. The second kappa shape index (κ2) is 5.99. The first kappa shape index (κ1) is 16.9. The zero-order valence-electron chi connectivity index (χ0n) is 12.7. The monoisotopic (exact) mass is 374 g/mol. The van der Waals surface area contributed by atoms with E-state index in [2.05, 4.69) is 34.5 Å². The third kappa shape index (κ3) is 3.50. The van der Waals surface area contributed by atoms with Crippen molar-refractivity contribution >= 4 is 26.0 Å². The molecule has 1 aromatic rings. The van der Waals surface area contributed by atoms with E-state index in [1.54, 1.807) is 13.0 Å². The van der Waals surface area contributed by atoms with Crippen LogP contribution in [0.5, 0.6) is 0 Å². The molecule has 0 unspecified atom stereocenters. The number of rotatable bonds is 6. The van der Waals surface area contributed by atoms with Gasteiger partial charge in [-0.15, -0.1) is 0 Å². The quantitative estimate of drug-likeness (QED) is 0.803. The molecule has 0 amide bonds. The SMILES string of the molecule is Cc1c(Br)cc(CN)cc1S(=O)(=O)NCC1(C(C)C)CC1. The van der Waals surface area contributed by atoms with Gasteiger partial charge in [-0.1, -0.05) is 29.8 Å². The minimum absolute atomic E-state index is 0.143.